The van der Waals surface area contributed by atoms with Crippen LogP contribution in [0.5, 0.6) is 5.75 Å². The molecule has 16 heteroatoms. The third kappa shape index (κ3) is 11.3. The number of carbonyl (C=O) groups is 5. The van der Waals surface area contributed by atoms with Crippen LogP contribution in [-0.2, 0) is 40.5 Å². The summed E-state index contributed by atoms with van der Waals surface area (Å²) < 4.78 is 41.8. The van der Waals surface area contributed by atoms with Crippen LogP contribution in [0, 0.1) is 17.8 Å². The zero-order valence-corrected chi connectivity index (χ0v) is 29.8. The summed E-state index contributed by atoms with van der Waals surface area (Å²) in [6.07, 6.45) is 1.90. The Hall–Kier alpha value is -4.38. The average molecular weight is 731 g/mol. The molecule has 0 aromatic heterocycles. The molecular weight excluding hydrogens is 684 g/mol. The van der Waals surface area contributed by atoms with Gasteiger partial charge in [0.15, 0.2) is 6.29 Å². The highest BCUT2D eigenvalue weighted by Crippen LogP contribution is 2.29. The highest BCUT2D eigenvalue weighted by molar-refractivity contribution is 7.85. The molecule has 2 heterocycles. The highest BCUT2D eigenvalue weighted by atomic mass is 32.2. The standard InChI is InChI=1S/C35H46N4O11S/c1-22(2)19-27(31(40)37-29(33(42)36-3)20-23-12-14-24(15-13-23)48-17-8-18-51(45,46)47)28(32(41)38-50-30-11-6-7-16-49-30)21-39-34(43)25-9-4-5-10-26(25)35(39)44/h4-5,9-10,12-15,22,27-30H,6-8,11,16-21H2,1-3H3,(H,36,42)(H,37,40)(H,38,41)(H,45,46,47)/t27-,28+,29+,30?/m1/s1. The minimum absolute atomic E-state index is 0.0570. The maximum absolute atomic E-state index is 14.2. The molecule has 0 saturated carbocycles. The van der Waals surface area contributed by atoms with Crippen molar-refractivity contribution in [2.75, 3.05) is 32.6 Å². The summed E-state index contributed by atoms with van der Waals surface area (Å²) in [4.78, 5) is 74.3. The summed E-state index contributed by atoms with van der Waals surface area (Å²) in [5.74, 6) is -5.43. The fourth-order valence-corrected chi connectivity index (χ4v) is 6.49. The van der Waals surface area contributed by atoms with E-state index in [9.17, 15) is 32.4 Å². The van der Waals surface area contributed by atoms with E-state index in [0.717, 1.165) is 17.7 Å². The van der Waals surface area contributed by atoms with E-state index in [1.54, 1.807) is 36.4 Å². The van der Waals surface area contributed by atoms with Gasteiger partial charge in [-0.3, -0.25) is 33.4 Å². The number of hydrogen-bond acceptors (Lipinski definition) is 10. The molecule has 0 bridgehead atoms. The number of fused-ring (bicyclic) bond motifs is 1. The first kappa shape index (κ1) is 39.4. The molecule has 0 radical (unpaired) electrons. The lowest BCUT2D eigenvalue weighted by atomic mass is 9.83. The number of hydroxylamine groups is 1. The first-order chi connectivity index (χ1) is 24.3. The predicted octanol–water partition coefficient (Wildman–Crippen LogP) is 2.27. The zero-order chi connectivity index (χ0) is 37.1. The van der Waals surface area contributed by atoms with Crippen LogP contribution in [-0.4, -0.2) is 92.3 Å². The van der Waals surface area contributed by atoms with E-state index in [-0.39, 0.29) is 42.9 Å². The van der Waals surface area contributed by atoms with Crippen LogP contribution in [0.15, 0.2) is 48.5 Å². The topological polar surface area (TPSA) is 207 Å². The average Bonchev–Trinajstić information content (AvgIpc) is 3.35. The van der Waals surface area contributed by atoms with Crippen LogP contribution in [0.1, 0.15) is 72.2 Å². The van der Waals surface area contributed by atoms with Gasteiger partial charge in [-0.05, 0) is 61.4 Å². The second-order valence-electron chi connectivity index (χ2n) is 13.0. The Morgan fingerprint density at radius 1 is 0.961 bits per heavy atom. The number of nitrogens with zero attached hydrogens (tertiary/aromatic N) is 1. The fourth-order valence-electron chi connectivity index (χ4n) is 6.01. The van der Waals surface area contributed by atoms with Crippen molar-refractivity contribution in [1.29, 1.82) is 0 Å². The normalized spacial score (nSPS) is 17.7. The van der Waals surface area contributed by atoms with E-state index in [2.05, 4.69) is 16.1 Å². The third-order valence-corrected chi connectivity index (χ3v) is 9.43. The molecule has 1 unspecified atom stereocenters. The first-order valence-electron chi connectivity index (χ1n) is 17.0. The van der Waals surface area contributed by atoms with Gasteiger partial charge in [-0.1, -0.05) is 38.1 Å². The van der Waals surface area contributed by atoms with Crippen LogP contribution in [0.25, 0.3) is 0 Å². The third-order valence-electron chi connectivity index (χ3n) is 8.63. The summed E-state index contributed by atoms with van der Waals surface area (Å²) in [6.45, 7) is 3.85. The number of rotatable bonds is 18. The van der Waals surface area contributed by atoms with Gasteiger partial charge < -0.3 is 20.1 Å². The highest BCUT2D eigenvalue weighted by Gasteiger charge is 2.43. The van der Waals surface area contributed by atoms with Crippen molar-refractivity contribution in [3.05, 3.63) is 65.2 Å². The molecule has 51 heavy (non-hydrogen) atoms. The van der Waals surface area contributed by atoms with Crippen molar-refractivity contribution in [3.63, 3.8) is 0 Å². The molecule has 2 aliphatic heterocycles. The number of hydrogen-bond donors (Lipinski definition) is 4. The summed E-state index contributed by atoms with van der Waals surface area (Å²) >= 11 is 0. The van der Waals surface area contributed by atoms with Gasteiger partial charge in [0.05, 0.1) is 35.3 Å². The largest absolute Gasteiger partial charge is 0.494 e. The second kappa shape index (κ2) is 18.2. The van der Waals surface area contributed by atoms with Crippen LogP contribution in [0.4, 0.5) is 0 Å². The maximum Gasteiger partial charge on any atom is 0.264 e. The molecule has 4 rings (SSSR count). The minimum Gasteiger partial charge on any atom is -0.494 e. The van der Waals surface area contributed by atoms with E-state index in [4.69, 9.17) is 18.9 Å². The van der Waals surface area contributed by atoms with Gasteiger partial charge in [-0.25, -0.2) is 10.3 Å². The fraction of sp³-hybridized carbons (Fsp3) is 0.514. The smallest absolute Gasteiger partial charge is 0.264 e. The van der Waals surface area contributed by atoms with Gasteiger partial charge in [0.2, 0.25) is 17.7 Å². The molecule has 15 nitrogen and oxygen atoms in total. The lowest BCUT2D eigenvalue weighted by Gasteiger charge is -2.31. The van der Waals surface area contributed by atoms with E-state index in [1.807, 2.05) is 13.8 Å². The van der Waals surface area contributed by atoms with Crippen LogP contribution < -0.4 is 20.9 Å². The summed E-state index contributed by atoms with van der Waals surface area (Å²) in [5.41, 5.74) is 3.48. The van der Waals surface area contributed by atoms with E-state index < -0.39 is 76.1 Å². The lowest BCUT2D eigenvalue weighted by Crippen LogP contribution is -2.53. The molecule has 0 spiro atoms. The van der Waals surface area contributed by atoms with E-state index in [0.29, 0.717) is 24.3 Å². The van der Waals surface area contributed by atoms with Crippen molar-refractivity contribution in [2.45, 2.75) is 64.7 Å². The van der Waals surface area contributed by atoms with Gasteiger partial charge in [0, 0.05) is 33.0 Å². The van der Waals surface area contributed by atoms with Gasteiger partial charge in [0.1, 0.15) is 11.8 Å². The number of benzene rings is 2. The van der Waals surface area contributed by atoms with Crippen molar-refractivity contribution in [1.82, 2.24) is 21.0 Å². The molecule has 1 fully saturated rings. The van der Waals surface area contributed by atoms with Gasteiger partial charge in [-0.15, -0.1) is 0 Å². The van der Waals surface area contributed by atoms with Crippen molar-refractivity contribution in [2.24, 2.45) is 17.8 Å². The molecule has 5 amide bonds. The van der Waals surface area contributed by atoms with Crippen LogP contribution >= 0.6 is 0 Å². The zero-order valence-electron chi connectivity index (χ0n) is 29.0. The summed E-state index contributed by atoms with van der Waals surface area (Å²) in [6, 6.07) is 11.9. The molecule has 2 aliphatic rings. The quantitative estimate of drug-likeness (QED) is 0.0758. The Labute approximate surface area is 297 Å². The Morgan fingerprint density at radius 3 is 2.20 bits per heavy atom. The van der Waals surface area contributed by atoms with Crippen molar-refractivity contribution < 1.29 is 51.3 Å². The maximum atomic E-state index is 14.2. The summed E-state index contributed by atoms with van der Waals surface area (Å²) in [7, 11) is -2.66. The Kier molecular flexibility index (Phi) is 14.1. The van der Waals surface area contributed by atoms with Crippen LogP contribution in [0.3, 0.4) is 0 Å². The second-order valence-corrected chi connectivity index (χ2v) is 14.6. The lowest BCUT2D eigenvalue weighted by molar-refractivity contribution is -0.203. The van der Waals surface area contributed by atoms with Gasteiger partial charge >= 0.3 is 0 Å². The summed E-state index contributed by atoms with van der Waals surface area (Å²) in [5, 5.41) is 5.36. The molecule has 1 saturated heterocycles. The Morgan fingerprint density at radius 2 is 1.63 bits per heavy atom. The first-order valence-corrected chi connectivity index (χ1v) is 18.6. The van der Waals surface area contributed by atoms with Crippen molar-refractivity contribution >= 4 is 39.7 Å². The van der Waals surface area contributed by atoms with Crippen LogP contribution in [0.2, 0.25) is 0 Å². The SMILES string of the molecule is CNC(=O)[C@H](Cc1ccc(OCCCS(=O)(=O)O)cc1)NC(=O)[C@H](CC(C)C)[C@H](CN1C(=O)c2ccccc2C1=O)C(=O)NOC1CCCCO1. The molecule has 4 N–H and O–H groups in total. The van der Waals surface area contributed by atoms with Gasteiger partial charge in [-0.2, -0.15) is 8.42 Å². The van der Waals surface area contributed by atoms with E-state index in [1.165, 1.54) is 19.2 Å². The number of likely N-dealkylation sites (N-methyl/N-ethyl adjacent to an activating group) is 1. The Bertz CT molecular complexity index is 1620. The van der Waals surface area contributed by atoms with E-state index >= 15 is 0 Å². The number of carbonyl (C=O) groups excluding carboxylic acids is 5. The molecule has 278 valence electrons. The predicted molar refractivity (Wildman–Crippen MR) is 184 cm³/mol. The molecular formula is C35H46N4O11S. The number of imide groups is 1. The Balaban J connectivity index is 1.54. The molecule has 2 aromatic carbocycles. The molecule has 0 aliphatic carbocycles. The number of nitrogens with one attached hydrogen (secondary N) is 3. The molecule has 2 aromatic rings. The molecule has 4 atom stereocenters. The van der Waals surface area contributed by atoms with Crippen molar-refractivity contribution in [3.8, 4) is 5.75 Å². The van der Waals surface area contributed by atoms with Gasteiger partial charge in [0.25, 0.3) is 21.9 Å². The number of ether oxygens (including phenoxy) is 2. The number of amides is 5. The monoisotopic (exact) mass is 730 g/mol. The minimum atomic E-state index is -4.09.